The number of aliphatic hydroxyl groups is 1. The molecule has 2 aromatic heterocycles. The summed E-state index contributed by atoms with van der Waals surface area (Å²) in [5.74, 6) is 1.85. The maximum atomic E-state index is 12.4. The molecule has 1 N–H and O–H groups in total. The fraction of sp³-hybridized carbons (Fsp3) is 0.278. The van der Waals surface area contributed by atoms with Crippen molar-refractivity contribution in [1.29, 1.82) is 0 Å². The van der Waals surface area contributed by atoms with Crippen molar-refractivity contribution >= 4 is 5.91 Å². The Morgan fingerprint density at radius 2 is 2.04 bits per heavy atom. The monoisotopic (exact) mass is 338 g/mol. The van der Waals surface area contributed by atoms with Crippen molar-refractivity contribution in [3.8, 4) is 11.6 Å². The van der Waals surface area contributed by atoms with Crippen LogP contribution in [0, 0.1) is 0 Å². The van der Waals surface area contributed by atoms with E-state index in [0.29, 0.717) is 37.6 Å². The third kappa shape index (κ3) is 2.94. The van der Waals surface area contributed by atoms with Crippen LogP contribution in [0.4, 0.5) is 0 Å². The molecule has 1 amide bonds. The molecule has 1 aromatic carbocycles. The van der Waals surface area contributed by atoms with Crippen molar-refractivity contribution in [2.45, 2.75) is 19.5 Å². The number of amides is 1. The summed E-state index contributed by atoms with van der Waals surface area (Å²) in [4.78, 5) is 18.8. The Hall–Kier alpha value is -2.93. The van der Waals surface area contributed by atoms with Crippen molar-refractivity contribution in [1.82, 2.24) is 19.7 Å². The molecule has 3 aromatic rings. The predicted molar refractivity (Wildman–Crippen MR) is 89.7 cm³/mol. The number of hydrogen-bond donors (Lipinski definition) is 1. The van der Waals surface area contributed by atoms with Gasteiger partial charge in [-0.3, -0.25) is 4.79 Å². The Balaban J connectivity index is 1.50. The van der Waals surface area contributed by atoms with Crippen molar-refractivity contribution in [3.05, 3.63) is 59.6 Å². The van der Waals surface area contributed by atoms with Gasteiger partial charge in [0.2, 0.25) is 5.82 Å². The smallest absolute Gasteiger partial charge is 0.254 e. The van der Waals surface area contributed by atoms with Gasteiger partial charge in [-0.05, 0) is 23.8 Å². The first-order valence-corrected chi connectivity index (χ1v) is 8.22. The number of aromatic nitrogens is 3. The summed E-state index contributed by atoms with van der Waals surface area (Å²) in [7, 11) is 0. The van der Waals surface area contributed by atoms with E-state index in [1.807, 2.05) is 29.2 Å². The summed E-state index contributed by atoms with van der Waals surface area (Å²) in [6.07, 6.45) is 2.13. The zero-order valence-electron chi connectivity index (χ0n) is 13.6. The average molecular weight is 338 g/mol. The van der Waals surface area contributed by atoms with Crippen molar-refractivity contribution in [2.24, 2.45) is 0 Å². The van der Waals surface area contributed by atoms with E-state index >= 15 is 0 Å². The van der Waals surface area contributed by atoms with Crippen LogP contribution in [0.25, 0.3) is 11.6 Å². The second kappa shape index (κ2) is 6.52. The van der Waals surface area contributed by atoms with Gasteiger partial charge in [0, 0.05) is 25.1 Å². The van der Waals surface area contributed by atoms with Gasteiger partial charge in [0.05, 0.1) is 19.4 Å². The average Bonchev–Trinajstić information content (AvgIpc) is 3.34. The number of rotatable bonds is 6. The fourth-order valence-electron chi connectivity index (χ4n) is 3.07. The number of fused-ring (bicyclic) bond motifs is 1. The summed E-state index contributed by atoms with van der Waals surface area (Å²) in [5, 5.41) is 13.6. The molecule has 7 nitrogen and oxygen atoms in total. The second-order valence-corrected chi connectivity index (χ2v) is 5.91. The Morgan fingerprint density at radius 1 is 1.16 bits per heavy atom. The van der Waals surface area contributed by atoms with Gasteiger partial charge in [-0.15, -0.1) is 5.10 Å². The normalized spacial score (nSPS) is 13.5. The molecule has 0 unspecified atom stereocenters. The molecule has 1 aliphatic rings. The topological polar surface area (TPSA) is 84.4 Å². The molecule has 25 heavy (non-hydrogen) atoms. The second-order valence-electron chi connectivity index (χ2n) is 5.91. The molecule has 0 radical (unpaired) electrons. The predicted octanol–water partition coefficient (Wildman–Crippen LogP) is 1.73. The molecule has 0 atom stereocenters. The van der Waals surface area contributed by atoms with Gasteiger partial charge in [0.1, 0.15) is 5.82 Å². The lowest BCUT2D eigenvalue weighted by Crippen LogP contribution is -2.27. The van der Waals surface area contributed by atoms with Crippen LogP contribution in [-0.4, -0.2) is 43.8 Å². The molecule has 0 saturated carbocycles. The van der Waals surface area contributed by atoms with Crippen LogP contribution in [0.3, 0.4) is 0 Å². The van der Waals surface area contributed by atoms with E-state index in [9.17, 15) is 9.90 Å². The SMILES string of the molecule is O=C1c2ccccc2CN1CCc1nc(-c2ccco2)nn1CCO. The number of carbonyl (C=O) groups excluding carboxylic acids is 1. The zero-order chi connectivity index (χ0) is 17.2. The minimum absolute atomic E-state index is 0.0258. The molecule has 128 valence electrons. The quantitative estimate of drug-likeness (QED) is 0.740. The van der Waals surface area contributed by atoms with E-state index in [1.165, 1.54) is 0 Å². The van der Waals surface area contributed by atoms with E-state index in [0.717, 1.165) is 17.0 Å². The van der Waals surface area contributed by atoms with Crippen molar-refractivity contribution in [2.75, 3.05) is 13.2 Å². The number of furan rings is 1. The summed E-state index contributed by atoms with van der Waals surface area (Å²) >= 11 is 0. The first-order valence-electron chi connectivity index (χ1n) is 8.22. The molecule has 0 saturated heterocycles. The highest BCUT2D eigenvalue weighted by atomic mass is 16.3. The molecule has 0 spiro atoms. The van der Waals surface area contributed by atoms with E-state index in [4.69, 9.17) is 4.42 Å². The Labute approximate surface area is 144 Å². The van der Waals surface area contributed by atoms with Gasteiger partial charge in [-0.25, -0.2) is 9.67 Å². The lowest BCUT2D eigenvalue weighted by atomic mass is 10.1. The standard InChI is InChI=1S/C18H18N4O3/c23-10-9-22-16(19-17(20-22)15-6-3-11-25-15)7-8-21-12-13-4-1-2-5-14(13)18(21)24/h1-6,11,23H,7-10,12H2. The van der Waals surface area contributed by atoms with Gasteiger partial charge < -0.3 is 14.4 Å². The minimum Gasteiger partial charge on any atom is -0.461 e. The lowest BCUT2D eigenvalue weighted by Gasteiger charge is -2.15. The maximum Gasteiger partial charge on any atom is 0.254 e. The molecule has 0 bridgehead atoms. The molecule has 1 aliphatic heterocycles. The largest absolute Gasteiger partial charge is 0.461 e. The number of nitrogens with zero attached hydrogens (tertiary/aromatic N) is 4. The number of benzene rings is 1. The van der Waals surface area contributed by atoms with Crippen LogP contribution in [-0.2, 0) is 19.5 Å². The highest BCUT2D eigenvalue weighted by Gasteiger charge is 2.27. The summed E-state index contributed by atoms with van der Waals surface area (Å²) in [6, 6.07) is 11.2. The van der Waals surface area contributed by atoms with Gasteiger partial charge in [0.15, 0.2) is 5.76 Å². The molecule has 7 heteroatoms. The van der Waals surface area contributed by atoms with Gasteiger partial charge in [0.25, 0.3) is 5.91 Å². The van der Waals surface area contributed by atoms with Gasteiger partial charge in [-0.1, -0.05) is 18.2 Å². The highest BCUT2D eigenvalue weighted by molar-refractivity contribution is 5.98. The number of hydrogen-bond acceptors (Lipinski definition) is 5. The lowest BCUT2D eigenvalue weighted by molar-refractivity contribution is 0.0779. The van der Waals surface area contributed by atoms with E-state index in [2.05, 4.69) is 10.1 Å². The van der Waals surface area contributed by atoms with Crippen LogP contribution in [0.15, 0.2) is 47.1 Å². The van der Waals surface area contributed by atoms with Crippen molar-refractivity contribution < 1.29 is 14.3 Å². The Morgan fingerprint density at radius 3 is 2.80 bits per heavy atom. The minimum atomic E-state index is -0.0258. The molecular weight excluding hydrogens is 320 g/mol. The molecular formula is C18H18N4O3. The third-order valence-electron chi connectivity index (χ3n) is 4.30. The number of carbonyl (C=O) groups is 1. The number of aliphatic hydroxyl groups excluding tert-OH is 1. The first kappa shape index (κ1) is 15.6. The third-order valence-corrected chi connectivity index (χ3v) is 4.30. The van der Waals surface area contributed by atoms with Crippen LogP contribution in [0.2, 0.25) is 0 Å². The fourth-order valence-corrected chi connectivity index (χ4v) is 3.07. The molecule has 0 aliphatic carbocycles. The highest BCUT2D eigenvalue weighted by Crippen LogP contribution is 2.23. The van der Waals surface area contributed by atoms with Crippen LogP contribution >= 0.6 is 0 Å². The first-order chi connectivity index (χ1) is 12.3. The Kier molecular flexibility index (Phi) is 4.07. The molecule has 3 heterocycles. The van der Waals surface area contributed by atoms with Gasteiger partial charge >= 0.3 is 0 Å². The van der Waals surface area contributed by atoms with Gasteiger partial charge in [-0.2, -0.15) is 0 Å². The summed E-state index contributed by atoms with van der Waals surface area (Å²) < 4.78 is 7.01. The van der Waals surface area contributed by atoms with E-state index in [1.54, 1.807) is 23.1 Å². The summed E-state index contributed by atoms with van der Waals surface area (Å²) in [6.45, 7) is 1.50. The van der Waals surface area contributed by atoms with Crippen LogP contribution < -0.4 is 0 Å². The zero-order valence-corrected chi connectivity index (χ0v) is 13.6. The Bertz CT molecular complexity index is 886. The van der Waals surface area contributed by atoms with E-state index in [-0.39, 0.29) is 12.5 Å². The molecule has 0 fully saturated rings. The van der Waals surface area contributed by atoms with Crippen molar-refractivity contribution in [3.63, 3.8) is 0 Å². The summed E-state index contributed by atoms with van der Waals surface area (Å²) in [5.41, 5.74) is 1.83. The van der Waals surface area contributed by atoms with Crippen LogP contribution in [0.1, 0.15) is 21.7 Å². The molecule has 4 rings (SSSR count). The van der Waals surface area contributed by atoms with Crippen LogP contribution in [0.5, 0.6) is 0 Å². The van der Waals surface area contributed by atoms with E-state index < -0.39 is 0 Å². The maximum absolute atomic E-state index is 12.4.